The van der Waals surface area contributed by atoms with Crippen molar-refractivity contribution in [2.75, 3.05) is 0 Å². The van der Waals surface area contributed by atoms with Gasteiger partial charge in [0.25, 0.3) is 0 Å². The van der Waals surface area contributed by atoms with Crippen LogP contribution in [0.15, 0.2) is 24.3 Å². The number of hydrogen-bond donors (Lipinski definition) is 2. The van der Waals surface area contributed by atoms with Gasteiger partial charge in [0.1, 0.15) is 0 Å². The number of rotatable bonds is 4. The average molecular weight is 256 g/mol. The van der Waals surface area contributed by atoms with Gasteiger partial charge in [0.2, 0.25) is 0 Å². The lowest BCUT2D eigenvalue weighted by atomic mass is 10.0. The van der Waals surface area contributed by atoms with Gasteiger partial charge in [0.05, 0.1) is 5.56 Å². The second-order valence-corrected chi connectivity index (χ2v) is 3.89. The van der Waals surface area contributed by atoms with Crippen LogP contribution in [0.4, 0.5) is 13.2 Å². The molecule has 1 aromatic rings. The fourth-order valence-corrected chi connectivity index (χ4v) is 1.53. The topological polar surface area (TPSA) is 38.0 Å². The van der Waals surface area contributed by atoms with Crippen LogP contribution in [-0.4, -0.2) is 6.04 Å². The quantitative estimate of drug-likeness (QED) is 0.493. The Kier molecular flexibility index (Phi) is 5.20. The summed E-state index contributed by atoms with van der Waals surface area (Å²) in [5.74, 6) is 11.0. The van der Waals surface area contributed by atoms with Crippen LogP contribution >= 0.6 is 0 Å². The molecule has 0 saturated heterocycles. The Balaban J connectivity index is 2.69. The first-order chi connectivity index (χ1) is 8.47. The molecule has 5 heteroatoms. The molecule has 1 unspecified atom stereocenters. The van der Waals surface area contributed by atoms with Crippen molar-refractivity contribution in [1.29, 1.82) is 0 Å². The maximum atomic E-state index is 12.4. The number of hydrogen-bond acceptors (Lipinski definition) is 2. The minimum atomic E-state index is -4.29. The van der Waals surface area contributed by atoms with Crippen LogP contribution in [0.5, 0.6) is 0 Å². The molecule has 18 heavy (non-hydrogen) atoms. The summed E-state index contributed by atoms with van der Waals surface area (Å²) in [6, 6.07) is 5.02. The largest absolute Gasteiger partial charge is 0.416 e. The Morgan fingerprint density at radius 2 is 1.89 bits per heavy atom. The number of nitrogens with one attached hydrogen (secondary N) is 1. The third-order valence-electron chi connectivity index (χ3n) is 2.52. The van der Waals surface area contributed by atoms with E-state index in [1.54, 1.807) is 6.92 Å². The second kappa shape index (κ2) is 6.43. The van der Waals surface area contributed by atoms with Crippen molar-refractivity contribution in [3.8, 4) is 11.8 Å². The highest BCUT2D eigenvalue weighted by atomic mass is 19.4. The SMILES string of the molecule is CC#CCC(Cc1ccc(C(F)(F)F)cc1)NN. The molecule has 1 rings (SSSR count). The summed E-state index contributed by atoms with van der Waals surface area (Å²) in [7, 11) is 0. The summed E-state index contributed by atoms with van der Waals surface area (Å²) in [6.07, 6.45) is -3.19. The molecule has 0 spiro atoms. The van der Waals surface area contributed by atoms with Crippen LogP contribution in [0.3, 0.4) is 0 Å². The van der Waals surface area contributed by atoms with Crippen LogP contribution in [-0.2, 0) is 12.6 Å². The number of nitrogens with two attached hydrogens (primary N) is 1. The molecule has 1 atom stereocenters. The fraction of sp³-hybridized carbons (Fsp3) is 0.385. The standard InChI is InChI=1S/C13H15F3N2/c1-2-3-4-12(18-17)9-10-5-7-11(8-6-10)13(14,15)16/h5-8,12,18H,4,9,17H2,1H3. The highest BCUT2D eigenvalue weighted by molar-refractivity contribution is 5.25. The van der Waals surface area contributed by atoms with Gasteiger partial charge in [-0.2, -0.15) is 13.2 Å². The lowest BCUT2D eigenvalue weighted by Gasteiger charge is -2.13. The maximum Gasteiger partial charge on any atom is 0.416 e. The van der Waals surface area contributed by atoms with E-state index in [0.717, 1.165) is 17.7 Å². The van der Waals surface area contributed by atoms with Crippen LogP contribution in [0, 0.1) is 11.8 Å². The predicted octanol–water partition coefficient (Wildman–Crippen LogP) is 2.49. The van der Waals surface area contributed by atoms with Crippen LogP contribution in [0.1, 0.15) is 24.5 Å². The molecule has 0 heterocycles. The summed E-state index contributed by atoms with van der Waals surface area (Å²) in [6.45, 7) is 1.73. The van der Waals surface area contributed by atoms with Crippen molar-refractivity contribution in [2.24, 2.45) is 5.84 Å². The van der Waals surface area contributed by atoms with E-state index in [9.17, 15) is 13.2 Å². The Hall–Kier alpha value is -1.51. The molecule has 0 bridgehead atoms. The second-order valence-electron chi connectivity index (χ2n) is 3.89. The minimum Gasteiger partial charge on any atom is -0.271 e. The van der Waals surface area contributed by atoms with E-state index in [4.69, 9.17) is 5.84 Å². The first-order valence-corrected chi connectivity index (χ1v) is 5.49. The number of hydrazine groups is 1. The van der Waals surface area contributed by atoms with E-state index < -0.39 is 11.7 Å². The summed E-state index contributed by atoms with van der Waals surface area (Å²) < 4.78 is 37.1. The molecule has 0 fully saturated rings. The summed E-state index contributed by atoms with van der Waals surface area (Å²) in [5, 5.41) is 0. The van der Waals surface area contributed by atoms with Gasteiger partial charge in [-0.15, -0.1) is 11.8 Å². The molecule has 2 nitrogen and oxygen atoms in total. The van der Waals surface area contributed by atoms with Crippen molar-refractivity contribution < 1.29 is 13.2 Å². The van der Waals surface area contributed by atoms with E-state index in [2.05, 4.69) is 17.3 Å². The van der Waals surface area contributed by atoms with E-state index in [0.29, 0.717) is 12.8 Å². The van der Waals surface area contributed by atoms with E-state index in [-0.39, 0.29) is 6.04 Å². The van der Waals surface area contributed by atoms with Crippen LogP contribution in [0.2, 0.25) is 0 Å². The minimum absolute atomic E-state index is 0.0609. The zero-order valence-electron chi connectivity index (χ0n) is 10.0. The average Bonchev–Trinajstić information content (AvgIpc) is 2.34. The Morgan fingerprint density at radius 1 is 1.28 bits per heavy atom. The van der Waals surface area contributed by atoms with E-state index >= 15 is 0 Å². The van der Waals surface area contributed by atoms with E-state index in [1.165, 1.54) is 12.1 Å². The summed E-state index contributed by atoms with van der Waals surface area (Å²) >= 11 is 0. The smallest absolute Gasteiger partial charge is 0.271 e. The highest BCUT2D eigenvalue weighted by Crippen LogP contribution is 2.29. The number of halogens is 3. The molecule has 0 aromatic heterocycles. The molecule has 0 radical (unpaired) electrons. The summed E-state index contributed by atoms with van der Waals surface area (Å²) in [5.41, 5.74) is 2.76. The molecule has 1 aromatic carbocycles. The lowest BCUT2D eigenvalue weighted by molar-refractivity contribution is -0.137. The van der Waals surface area contributed by atoms with Crippen molar-refractivity contribution in [3.05, 3.63) is 35.4 Å². The molecule has 98 valence electrons. The molecule has 0 aliphatic carbocycles. The fourth-order valence-electron chi connectivity index (χ4n) is 1.53. The molecule has 3 N–H and O–H groups in total. The van der Waals surface area contributed by atoms with Gasteiger partial charge in [-0.3, -0.25) is 11.3 Å². The molecule has 0 aliphatic heterocycles. The molecule has 0 saturated carbocycles. The first kappa shape index (κ1) is 14.6. The Bertz CT molecular complexity index is 426. The van der Waals surface area contributed by atoms with Crippen LogP contribution in [0.25, 0.3) is 0 Å². The van der Waals surface area contributed by atoms with Gasteiger partial charge in [0.15, 0.2) is 0 Å². The maximum absolute atomic E-state index is 12.4. The number of alkyl halides is 3. The molecule has 0 amide bonds. The summed E-state index contributed by atoms with van der Waals surface area (Å²) in [4.78, 5) is 0. The molecular weight excluding hydrogens is 241 g/mol. The van der Waals surface area contributed by atoms with Crippen molar-refractivity contribution in [2.45, 2.75) is 32.0 Å². The third kappa shape index (κ3) is 4.40. The monoisotopic (exact) mass is 256 g/mol. The third-order valence-corrected chi connectivity index (χ3v) is 2.52. The molecule has 0 aliphatic rings. The zero-order chi connectivity index (χ0) is 13.6. The van der Waals surface area contributed by atoms with Gasteiger partial charge in [-0.25, -0.2) is 0 Å². The van der Waals surface area contributed by atoms with Crippen molar-refractivity contribution in [3.63, 3.8) is 0 Å². The predicted molar refractivity (Wildman–Crippen MR) is 64.3 cm³/mol. The number of benzene rings is 1. The van der Waals surface area contributed by atoms with Crippen molar-refractivity contribution >= 4 is 0 Å². The van der Waals surface area contributed by atoms with Gasteiger partial charge in [0, 0.05) is 12.5 Å². The first-order valence-electron chi connectivity index (χ1n) is 5.49. The Morgan fingerprint density at radius 3 is 2.33 bits per heavy atom. The van der Waals surface area contributed by atoms with Crippen LogP contribution < -0.4 is 11.3 Å². The van der Waals surface area contributed by atoms with E-state index in [1.807, 2.05) is 0 Å². The zero-order valence-corrected chi connectivity index (χ0v) is 10.0. The van der Waals surface area contributed by atoms with Gasteiger partial charge in [-0.05, 0) is 31.0 Å². The highest BCUT2D eigenvalue weighted by Gasteiger charge is 2.29. The van der Waals surface area contributed by atoms with Gasteiger partial charge >= 0.3 is 6.18 Å². The lowest BCUT2D eigenvalue weighted by Crippen LogP contribution is -2.36. The van der Waals surface area contributed by atoms with Crippen molar-refractivity contribution in [1.82, 2.24) is 5.43 Å². The van der Waals surface area contributed by atoms with Gasteiger partial charge < -0.3 is 0 Å². The molecular formula is C13H15F3N2. The van der Waals surface area contributed by atoms with Gasteiger partial charge in [-0.1, -0.05) is 12.1 Å². The Labute approximate surface area is 104 Å². The normalized spacial score (nSPS) is 12.7.